The SMILES string of the molecule is CC1(C)CC(S)=CC(=C2CC2)C1. The van der Waals surface area contributed by atoms with E-state index in [4.69, 9.17) is 0 Å². The Balaban J connectivity index is 2.29. The van der Waals surface area contributed by atoms with Crippen molar-refractivity contribution in [3.05, 3.63) is 22.1 Å². The Hall–Kier alpha value is -0.170. The monoisotopic (exact) mass is 180 g/mol. The molecular weight excluding hydrogens is 164 g/mol. The summed E-state index contributed by atoms with van der Waals surface area (Å²) in [5, 5.41) is 0. The molecule has 0 radical (unpaired) electrons. The summed E-state index contributed by atoms with van der Waals surface area (Å²) in [6.45, 7) is 4.66. The van der Waals surface area contributed by atoms with E-state index >= 15 is 0 Å². The highest BCUT2D eigenvalue weighted by molar-refractivity contribution is 7.84. The molecule has 66 valence electrons. The first kappa shape index (κ1) is 8.43. The Morgan fingerprint density at radius 1 is 1.25 bits per heavy atom. The number of hydrogen-bond acceptors (Lipinski definition) is 1. The summed E-state index contributed by atoms with van der Waals surface area (Å²) in [6.07, 6.45) is 7.36. The molecule has 1 fully saturated rings. The van der Waals surface area contributed by atoms with Gasteiger partial charge >= 0.3 is 0 Å². The normalized spacial score (nSPS) is 27.1. The predicted octanol–water partition coefficient (Wildman–Crippen LogP) is 3.71. The second-order valence-electron chi connectivity index (χ2n) is 4.78. The summed E-state index contributed by atoms with van der Waals surface area (Å²) in [7, 11) is 0. The van der Waals surface area contributed by atoms with Crippen molar-refractivity contribution in [3.8, 4) is 0 Å². The topological polar surface area (TPSA) is 0 Å². The van der Waals surface area contributed by atoms with Gasteiger partial charge in [-0.15, -0.1) is 12.6 Å². The third kappa shape index (κ3) is 1.77. The van der Waals surface area contributed by atoms with Crippen molar-refractivity contribution in [1.29, 1.82) is 0 Å². The molecule has 0 aliphatic heterocycles. The van der Waals surface area contributed by atoms with Crippen LogP contribution in [0.5, 0.6) is 0 Å². The smallest absolute Gasteiger partial charge is 0.0166 e. The molecule has 0 atom stereocenters. The molecule has 12 heavy (non-hydrogen) atoms. The Bertz CT molecular complexity index is 263. The van der Waals surface area contributed by atoms with Crippen LogP contribution >= 0.6 is 12.6 Å². The van der Waals surface area contributed by atoms with Crippen molar-refractivity contribution in [2.45, 2.75) is 39.5 Å². The number of thiol groups is 1. The van der Waals surface area contributed by atoms with Gasteiger partial charge in [0.25, 0.3) is 0 Å². The van der Waals surface area contributed by atoms with E-state index in [1.54, 1.807) is 11.1 Å². The van der Waals surface area contributed by atoms with Gasteiger partial charge in [-0.05, 0) is 47.7 Å². The maximum Gasteiger partial charge on any atom is -0.0166 e. The van der Waals surface area contributed by atoms with Gasteiger partial charge in [-0.2, -0.15) is 0 Å². The molecular formula is C11H16S. The largest absolute Gasteiger partial charge is 0.148 e. The van der Waals surface area contributed by atoms with Crippen LogP contribution in [0, 0.1) is 5.41 Å². The van der Waals surface area contributed by atoms with Crippen molar-refractivity contribution in [3.63, 3.8) is 0 Å². The average Bonchev–Trinajstić information content (AvgIpc) is 2.61. The van der Waals surface area contributed by atoms with Crippen LogP contribution in [0.3, 0.4) is 0 Å². The summed E-state index contributed by atoms with van der Waals surface area (Å²) in [4.78, 5) is 1.26. The molecule has 0 aromatic rings. The minimum absolute atomic E-state index is 0.441. The van der Waals surface area contributed by atoms with Crippen molar-refractivity contribution < 1.29 is 0 Å². The molecule has 0 N–H and O–H groups in total. The van der Waals surface area contributed by atoms with E-state index in [2.05, 4.69) is 32.6 Å². The average molecular weight is 180 g/mol. The summed E-state index contributed by atoms with van der Waals surface area (Å²) in [6, 6.07) is 0. The van der Waals surface area contributed by atoms with Crippen LogP contribution in [0.4, 0.5) is 0 Å². The first-order chi connectivity index (χ1) is 5.57. The van der Waals surface area contributed by atoms with E-state index in [9.17, 15) is 0 Å². The maximum atomic E-state index is 4.48. The molecule has 0 unspecified atom stereocenters. The highest BCUT2D eigenvalue weighted by Crippen LogP contribution is 2.44. The number of hydrogen-bond donors (Lipinski definition) is 1. The Morgan fingerprint density at radius 2 is 1.92 bits per heavy atom. The van der Waals surface area contributed by atoms with Crippen LogP contribution in [0.25, 0.3) is 0 Å². The van der Waals surface area contributed by atoms with Crippen LogP contribution in [0.15, 0.2) is 22.1 Å². The molecule has 2 aliphatic rings. The lowest BCUT2D eigenvalue weighted by atomic mass is 9.78. The van der Waals surface area contributed by atoms with E-state index in [1.165, 1.54) is 24.2 Å². The number of rotatable bonds is 0. The maximum absolute atomic E-state index is 4.48. The predicted molar refractivity (Wildman–Crippen MR) is 56.3 cm³/mol. The second-order valence-corrected chi connectivity index (χ2v) is 5.36. The summed E-state index contributed by atoms with van der Waals surface area (Å²) < 4.78 is 0. The fraction of sp³-hybridized carbons (Fsp3) is 0.636. The molecule has 0 aromatic heterocycles. The summed E-state index contributed by atoms with van der Waals surface area (Å²) in [5.41, 5.74) is 3.70. The van der Waals surface area contributed by atoms with Crippen molar-refractivity contribution >= 4 is 12.6 Å². The minimum atomic E-state index is 0.441. The molecule has 1 saturated carbocycles. The van der Waals surface area contributed by atoms with Gasteiger partial charge in [0.05, 0.1) is 0 Å². The van der Waals surface area contributed by atoms with E-state index in [-0.39, 0.29) is 0 Å². The molecule has 2 rings (SSSR count). The summed E-state index contributed by atoms with van der Waals surface area (Å²) in [5.74, 6) is 0. The van der Waals surface area contributed by atoms with Gasteiger partial charge < -0.3 is 0 Å². The molecule has 0 heterocycles. The highest BCUT2D eigenvalue weighted by atomic mass is 32.1. The first-order valence-electron chi connectivity index (χ1n) is 4.67. The van der Waals surface area contributed by atoms with Crippen LogP contribution in [-0.4, -0.2) is 0 Å². The fourth-order valence-electron chi connectivity index (χ4n) is 1.98. The molecule has 0 bridgehead atoms. The standard InChI is InChI=1S/C11H16S/c1-11(2)6-9(8-3-4-8)5-10(12)7-11/h5,12H,3-4,6-7H2,1-2H3. The molecule has 0 nitrogen and oxygen atoms in total. The minimum Gasteiger partial charge on any atom is -0.148 e. The third-order valence-electron chi connectivity index (χ3n) is 2.62. The van der Waals surface area contributed by atoms with Gasteiger partial charge in [-0.1, -0.05) is 19.4 Å². The number of allylic oxidation sites excluding steroid dienone is 4. The van der Waals surface area contributed by atoms with E-state index < -0.39 is 0 Å². The van der Waals surface area contributed by atoms with Crippen molar-refractivity contribution in [2.75, 3.05) is 0 Å². The van der Waals surface area contributed by atoms with Gasteiger partial charge in [0.2, 0.25) is 0 Å². The Kier molecular flexibility index (Phi) is 1.87. The lowest BCUT2D eigenvalue weighted by Crippen LogP contribution is -2.15. The van der Waals surface area contributed by atoms with Crippen molar-refractivity contribution in [1.82, 2.24) is 0 Å². The van der Waals surface area contributed by atoms with Gasteiger partial charge in [0.15, 0.2) is 0 Å². The lowest BCUT2D eigenvalue weighted by Gasteiger charge is -2.29. The molecule has 1 heteroatoms. The quantitative estimate of drug-likeness (QED) is 0.540. The molecule has 2 aliphatic carbocycles. The van der Waals surface area contributed by atoms with Crippen molar-refractivity contribution in [2.24, 2.45) is 5.41 Å². The Labute approximate surface area is 80.2 Å². The molecule has 0 aromatic carbocycles. The van der Waals surface area contributed by atoms with Gasteiger partial charge in [-0.3, -0.25) is 0 Å². The summed E-state index contributed by atoms with van der Waals surface area (Å²) >= 11 is 4.48. The zero-order valence-corrected chi connectivity index (χ0v) is 8.75. The van der Waals surface area contributed by atoms with E-state index in [1.807, 2.05) is 0 Å². The fourth-order valence-corrected chi connectivity index (χ4v) is 2.57. The molecule has 0 spiro atoms. The third-order valence-corrected chi connectivity index (χ3v) is 2.91. The molecule has 0 saturated heterocycles. The van der Waals surface area contributed by atoms with E-state index in [0.29, 0.717) is 5.41 Å². The molecule has 0 amide bonds. The van der Waals surface area contributed by atoms with Gasteiger partial charge in [0, 0.05) is 0 Å². The zero-order chi connectivity index (χ0) is 8.77. The van der Waals surface area contributed by atoms with Gasteiger partial charge in [-0.25, -0.2) is 0 Å². The zero-order valence-electron chi connectivity index (χ0n) is 7.85. The van der Waals surface area contributed by atoms with Gasteiger partial charge in [0.1, 0.15) is 0 Å². The lowest BCUT2D eigenvalue weighted by molar-refractivity contribution is 0.359. The highest BCUT2D eigenvalue weighted by Gasteiger charge is 2.28. The van der Waals surface area contributed by atoms with Crippen LogP contribution in [-0.2, 0) is 0 Å². The first-order valence-corrected chi connectivity index (χ1v) is 5.12. The second kappa shape index (κ2) is 2.66. The van der Waals surface area contributed by atoms with Crippen LogP contribution in [0.1, 0.15) is 39.5 Å². The Morgan fingerprint density at radius 3 is 2.42 bits per heavy atom. The van der Waals surface area contributed by atoms with Crippen LogP contribution in [0.2, 0.25) is 0 Å². The van der Waals surface area contributed by atoms with E-state index in [0.717, 1.165) is 6.42 Å². The van der Waals surface area contributed by atoms with Crippen LogP contribution < -0.4 is 0 Å².